The van der Waals surface area contributed by atoms with Gasteiger partial charge in [0.05, 0.1) is 37.0 Å². The van der Waals surface area contributed by atoms with Crippen molar-refractivity contribution in [2.45, 2.75) is 0 Å². The summed E-state index contributed by atoms with van der Waals surface area (Å²) in [7, 11) is 0. The summed E-state index contributed by atoms with van der Waals surface area (Å²) in [5, 5.41) is 17.2. The number of phenolic OH excluding ortho intramolecular Hbond substituents is 1. The summed E-state index contributed by atoms with van der Waals surface area (Å²) in [6, 6.07) is 18.7. The molecule has 2 aromatic heterocycles. The maximum Gasteiger partial charge on any atom is 0.245 e. The van der Waals surface area contributed by atoms with Crippen LogP contribution in [-0.2, 0) is 4.74 Å². The average molecular weight is 564 g/mol. The molecule has 0 saturated carbocycles. The lowest BCUT2D eigenvalue weighted by Crippen LogP contribution is -2.37. The Morgan fingerprint density at radius 2 is 1.84 bits per heavy atom. The number of ether oxygens (including phenoxy) is 1. The first kappa shape index (κ1) is 24.6. The van der Waals surface area contributed by atoms with Crippen molar-refractivity contribution in [2.75, 3.05) is 41.9 Å². The molecule has 0 aliphatic carbocycles. The summed E-state index contributed by atoms with van der Waals surface area (Å²) < 4.78 is 20.1. The fourth-order valence-electron chi connectivity index (χ4n) is 3.77. The van der Waals surface area contributed by atoms with Crippen molar-refractivity contribution >= 4 is 45.3 Å². The predicted molar refractivity (Wildman–Crippen MR) is 145 cm³/mol. The molecule has 0 radical (unpaired) electrons. The highest BCUT2D eigenvalue weighted by molar-refractivity contribution is 9.10. The minimum absolute atomic E-state index is 0.186. The summed E-state index contributed by atoms with van der Waals surface area (Å²) in [6.07, 6.45) is 2.65. The lowest BCUT2D eigenvalue weighted by molar-refractivity contribution is 0.122. The summed E-state index contributed by atoms with van der Waals surface area (Å²) in [5.41, 5.74) is 6.94. The van der Waals surface area contributed by atoms with Crippen LogP contribution >= 0.6 is 15.9 Å². The second-order valence-electron chi connectivity index (χ2n) is 8.16. The second kappa shape index (κ2) is 11.3. The Morgan fingerprint density at radius 3 is 2.59 bits per heavy atom. The number of nitrogens with zero attached hydrogens (tertiary/aromatic N) is 5. The minimum atomic E-state index is -0.487. The van der Waals surface area contributed by atoms with Crippen LogP contribution in [-0.4, -0.2) is 52.6 Å². The Hall–Kier alpha value is -4.09. The van der Waals surface area contributed by atoms with Crippen molar-refractivity contribution < 1.29 is 14.2 Å². The number of hydrogen-bond acceptors (Lipinski definition) is 9. The number of hydrazone groups is 1. The summed E-state index contributed by atoms with van der Waals surface area (Å²) in [4.78, 5) is 14.5. The van der Waals surface area contributed by atoms with E-state index < -0.39 is 5.82 Å². The van der Waals surface area contributed by atoms with E-state index in [9.17, 15) is 9.50 Å². The molecule has 0 unspecified atom stereocenters. The van der Waals surface area contributed by atoms with Crippen molar-refractivity contribution in [1.82, 2.24) is 15.0 Å². The molecule has 0 atom stereocenters. The Kier molecular flexibility index (Phi) is 7.52. The van der Waals surface area contributed by atoms with Crippen LogP contribution in [0.3, 0.4) is 0 Å². The highest BCUT2D eigenvalue weighted by Gasteiger charge is 2.17. The van der Waals surface area contributed by atoms with Crippen LogP contribution in [0.25, 0.3) is 11.1 Å². The van der Waals surface area contributed by atoms with Gasteiger partial charge in [-0.3, -0.25) is 0 Å². The molecule has 1 aliphatic rings. The topological polar surface area (TPSA) is 108 Å². The minimum Gasteiger partial charge on any atom is -0.508 e. The molecule has 0 bridgehead atoms. The molecule has 1 fully saturated rings. The molecule has 3 N–H and O–H groups in total. The quantitative estimate of drug-likeness (QED) is 0.160. The van der Waals surface area contributed by atoms with Gasteiger partial charge >= 0.3 is 0 Å². The number of halogens is 2. The van der Waals surface area contributed by atoms with E-state index in [-0.39, 0.29) is 17.5 Å². The molecular formula is C26H23BrFN7O2. The molecule has 37 heavy (non-hydrogen) atoms. The number of hydrogen-bond donors (Lipinski definition) is 3. The third-order valence-corrected chi connectivity index (χ3v) is 6.22. The van der Waals surface area contributed by atoms with Crippen LogP contribution in [0, 0.1) is 5.82 Å². The third-order valence-electron chi connectivity index (χ3n) is 5.61. The van der Waals surface area contributed by atoms with E-state index in [1.54, 1.807) is 12.1 Å². The predicted octanol–water partition coefficient (Wildman–Crippen LogP) is 5.17. The molecule has 9 nitrogen and oxygen atoms in total. The van der Waals surface area contributed by atoms with Gasteiger partial charge in [0.15, 0.2) is 11.6 Å². The Labute approximate surface area is 221 Å². The monoisotopic (exact) mass is 563 g/mol. The van der Waals surface area contributed by atoms with Crippen LogP contribution in [0.15, 0.2) is 76.6 Å². The fraction of sp³-hybridized carbons (Fsp3) is 0.154. The van der Waals surface area contributed by atoms with Gasteiger partial charge in [0, 0.05) is 18.8 Å². The zero-order valence-corrected chi connectivity index (χ0v) is 21.2. The number of phenols is 1. The van der Waals surface area contributed by atoms with Crippen molar-refractivity contribution in [3.05, 3.63) is 83.0 Å². The number of anilines is 4. The molecule has 3 heterocycles. The number of nitrogens with one attached hydrogen (secondary N) is 2. The van der Waals surface area contributed by atoms with Crippen molar-refractivity contribution in [3.63, 3.8) is 0 Å². The lowest BCUT2D eigenvalue weighted by atomic mass is 10.1. The molecule has 0 amide bonds. The number of benzene rings is 2. The first-order valence-electron chi connectivity index (χ1n) is 11.5. The summed E-state index contributed by atoms with van der Waals surface area (Å²) in [6.45, 7) is 2.19. The summed E-state index contributed by atoms with van der Waals surface area (Å²) in [5.74, 6) is 0.156. The largest absolute Gasteiger partial charge is 0.508 e. The lowest BCUT2D eigenvalue weighted by Gasteiger charge is -2.27. The van der Waals surface area contributed by atoms with E-state index >= 15 is 0 Å². The van der Waals surface area contributed by atoms with E-state index in [1.165, 1.54) is 6.21 Å². The zero-order valence-electron chi connectivity index (χ0n) is 19.6. The van der Waals surface area contributed by atoms with Crippen LogP contribution in [0.1, 0.15) is 5.69 Å². The van der Waals surface area contributed by atoms with Crippen LogP contribution in [0.5, 0.6) is 5.75 Å². The van der Waals surface area contributed by atoms with Crippen molar-refractivity contribution in [1.29, 1.82) is 0 Å². The Bertz CT molecular complexity index is 1410. The van der Waals surface area contributed by atoms with Crippen LogP contribution < -0.4 is 15.6 Å². The van der Waals surface area contributed by atoms with Gasteiger partial charge in [0.2, 0.25) is 5.95 Å². The Balaban J connectivity index is 1.21. The van der Waals surface area contributed by atoms with Gasteiger partial charge in [0.25, 0.3) is 0 Å². The van der Waals surface area contributed by atoms with Crippen molar-refractivity contribution in [2.24, 2.45) is 5.10 Å². The highest BCUT2D eigenvalue weighted by Crippen LogP contribution is 2.28. The van der Waals surface area contributed by atoms with E-state index in [2.05, 4.69) is 46.7 Å². The number of pyridine rings is 1. The number of aromatic nitrogens is 3. The van der Waals surface area contributed by atoms with E-state index in [0.29, 0.717) is 36.6 Å². The molecule has 11 heteroatoms. The molecule has 1 aliphatic heterocycles. The van der Waals surface area contributed by atoms with Gasteiger partial charge in [-0.2, -0.15) is 10.1 Å². The van der Waals surface area contributed by atoms with Gasteiger partial charge < -0.3 is 20.1 Å². The molecular weight excluding hydrogens is 541 g/mol. The van der Waals surface area contributed by atoms with Crippen LogP contribution in [0.4, 0.5) is 27.5 Å². The maximum absolute atomic E-state index is 14.2. The van der Waals surface area contributed by atoms with Crippen LogP contribution in [0.2, 0.25) is 0 Å². The molecule has 1 saturated heterocycles. The number of morpholine rings is 1. The van der Waals surface area contributed by atoms with Gasteiger partial charge in [0.1, 0.15) is 10.4 Å². The second-order valence-corrected chi connectivity index (χ2v) is 8.91. The highest BCUT2D eigenvalue weighted by atomic mass is 79.9. The van der Waals surface area contributed by atoms with Gasteiger partial charge in [-0.15, -0.1) is 0 Å². The number of rotatable bonds is 7. The number of aromatic hydroxyl groups is 1. The maximum atomic E-state index is 14.2. The molecule has 5 rings (SSSR count). The first-order chi connectivity index (χ1) is 18.0. The van der Waals surface area contributed by atoms with Gasteiger partial charge in [-0.05, 0) is 63.5 Å². The zero-order chi connectivity index (χ0) is 25.6. The molecule has 0 spiro atoms. The Morgan fingerprint density at radius 1 is 1.03 bits per heavy atom. The molecule has 188 valence electrons. The fourth-order valence-corrected chi connectivity index (χ4v) is 4.20. The smallest absolute Gasteiger partial charge is 0.245 e. The SMILES string of the molecule is Oc1cccc(-c2ccc(Nc3ccc(/C=N/Nc4ncc(F)c(N5CCOCC5)n4)nc3Br)cc2)c1. The van der Waals surface area contributed by atoms with Gasteiger partial charge in [-0.1, -0.05) is 24.3 Å². The molecule has 2 aromatic carbocycles. The molecule has 4 aromatic rings. The van der Waals surface area contributed by atoms with E-state index in [0.717, 1.165) is 28.7 Å². The summed E-state index contributed by atoms with van der Waals surface area (Å²) >= 11 is 3.50. The third kappa shape index (κ3) is 6.19. The normalized spacial score (nSPS) is 13.6. The first-order valence-corrected chi connectivity index (χ1v) is 12.3. The van der Waals surface area contributed by atoms with E-state index in [4.69, 9.17) is 4.74 Å². The van der Waals surface area contributed by atoms with Crippen molar-refractivity contribution in [3.8, 4) is 16.9 Å². The van der Waals surface area contributed by atoms with E-state index in [1.807, 2.05) is 53.4 Å². The van der Waals surface area contributed by atoms with Gasteiger partial charge in [-0.25, -0.2) is 19.8 Å². The standard InChI is InChI=1S/C26H23BrFN7O2/c27-24-23(31-19-6-4-17(5-7-19)18-2-1-3-21(36)14-18)9-8-20(32-24)15-30-34-26-29-16-22(28)25(33-26)35-10-12-37-13-11-35/h1-9,14-16,31,36H,10-13H2,(H,29,33,34)/b30-15+. The average Bonchev–Trinajstić information content (AvgIpc) is 2.92.